The van der Waals surface area contributed by atoms with Crippen molar-refractivity contribution >= 4 is 22.4 Å². The fourth-order valence-electron chi connectivity index (χ4n) is 2.71. The Morgan fingerprint density at radius 3 is 2.85 bits per heavy atom. The Balaban J connectivity index is 0.00000243. The number of nitrogens with one attached hydrogen (secondary N) is 2. The lowest BCUT2D eigenvalue weighted by molar-refractivity contribution is 0.190. The molecule has 0 saturated carbocycles. The van der Waals surface area contributed by atoms with Crippen LogP contribution in [0, 0.1) is 0 Å². The first-order chi connectivity index (χ1) is 12.0. The molecule has 1 aliphatic heterocycles. The van der Waals surface area contributed by atoms with Gasteiger partial charge in [0.05, 0.1) is 13.2 Å². The molecule has 1 atom stereocenters. The van der Waals surface area contributed by atoms with Gasteiger partial charge in [0, 0.05) is 25.2 Å². The molecule has 0 radical (unpaired) electrons. The molecule has 0 amide bonds. The fourth-order valence-corrected chi connectivity index (χ4v) is 3.63. The Kier molecular flexibility index (Phi) is 6.58. The summed E-state index contributed by atoms with van der Waals surface area (Å²) in [6.07, 6.45) is 0. The molecular formula is C15H22ClN5O4S. The number of aromatic nitrogens is 2. The van der Waals surface area contributed by atoms with Crippen LogP contribution in [0.3, 0.4) is 0 Å². The maximum Gasteiger partial charge on any atom is 0.258 e. The van der Waals surface area contributed by atoms with Crippen LogP contribution in [0.15, 0.2) is 27.6 Å². The average Bonchev–Trinajstić information content (AvgIpc) is 3.11. The molecule has 0 aliphatic carbocycles. The van der Waals surface area contributed by atoms with E-state index in [9.17, 15) is 8.42 Å². The Bertz CT molecular complexity index is 857. The minimum absolute atomic E-state index is 0. The summed E-state index contributed by atoms with van der Waals surface area (Å²) in [6, 6.07) is 4.74. The normalized spacial score (nSPS) is 18.3. The third-order valence-corrected chi connectivity index (χ3v) is 5.66. The molecule has 144 valence electrons. The van der Waals surface area contributed by atoms with Crippen molar-refractivity contribution in [1.82, 2.24) is 25.1 Å². The molecule has 1 aromatic heterocycles. The highest BCUT2D eigenvalue weighted by Gasteiger charge is 2.26. The van der Waals surface area contributed by atoms with Gasteiger partial charge in [-0.05, 0) is 32.3 Å². The highest BCUT2D eigenvalue weighted by Crippen LogP contribution is 2.30. The molecule has 11 heteroatoms. The van der Waals surface area contributed by atoms with Gasteiger partial charge in [0.15, 0.2) is 5.82 Å². The van der Waals surface area contributed by atoms with E-state index < -0.39 is 10.0 Å². The van der Waals surface area contributed by atoms with Crippen molar-refractivity contribution in [3.63, 3.8) is 0 Å². The maximum atomic E-state index is 12.2. The molecule has 3 rings (SSSR count). The number of rotatable bonds is 5. The minimum Gasteiger partial charge on any atom is -0.495 e. The Morgan fingerprint density at radius 2 is 2.19 bits per heavy atom. The average molecular weight is 404 g/mol. The molecule has 0 bridgehead atoms. The fraction of sp³-hybridized carbons (Fsp3) is 0.467. The van der Waals surface area contributed by atoms with Crippen LogP contribution in [-0.2, 0) is 10.0 Å². The molecule has 9 nitrogen and oxygen atoms in total. The Hall–Kier alpha value is -1.72. The topological polar surface area (TPSA) is 110 Å². The number of benzene rings is 1. The first-order valence-corrected chi connectivity index (χ1v) is 9.31. The van der Waals surface area contributed by atoms with Gasteiger partial charge in [0.2, 0.25) is 10.0 Å². The summed E-state index contributed by atoms with van der Waals surface area (Å²) in [7, 11) is 1.09. The SMILES string of the molecule is CNS(=O)(=O)c1cc(-c2nc(C3CNCCN3C)no2)ccc1OC.Cl. The van der Waals surface area contributed by atoms with E-state index in [0.717, 1.165) is 19.6 Å². The second-order valence-corrected chi connectivity index (χ2v) is 7.59. The number of ether oxygens (including phenoxy) is 1. The van der Waals surface area contributed by atoms with Crippen molar-refractivity contribution in [2.45, 2.75) is 10.9 Å². The lowest BCUT2D eigenvalue weighted by Crippen LogP contribution is -2.44. The molecule has 1 fully saturated rings. The number of hydrogen-bond donors (Lipinski definition) is 2. The molecule has 2 aromatic rings. The van der Waals surface area contributed by atoms with Gasteiger partial charge in [-0.3, -0.25) is 4.90 Å². The summed E-state index contributed by atoms with van der Waals surface area (Å²) in [5.41, 5.74) is 0.514. The molecule has 2 N–H and O–H groups in total. The Morgan fingerprint density at radius 1 is 1.42 bits per heavy atom. The molecule has 1 aliphatic rings. The van der Waals surface area contributed by atoms with Crippen LogP contribution in [0.2, 0.25) is 0 Å². The summed E-state index contributed by atoms with van der Waals surface area (Å²) in [5, 5.41) is 7.35. The summed E-state index contributed by atoms with van der Waals surface area (Å²) < 4.78 is 37.2. The zero-order valence-corrected chi connectivity index (χ0v) is 16.4. The van der Waals surface area contributed by atoms with Gasteiger partial charge in [0.1, 0.15) is 10.6 Å². The minimum atomic E-state index is -3.68. The third kappa shape index (κ3) is 3.99. The molecule has 2 heterocycles. The van der Waals surface area contributed by atoms with E-state index in [1.807, 2.05) is 7.05 Å². The predicted octanol–water partition coefficient (Wildman–Crippen LogP) is 0.651. The van der Waals surface area contributed by atoms with Gasteiger partial charge >= 0.3 is 0 Å². The van der Waals surface area contributed by atoms with Gasteiger partial charge in [-0.15, -0.1) is 12.4 Å². The smallest absolute Gasteiger partial charge is 0.258 e. The first kappa shape index (κ1) is 20.6. The summed E-state index contributed by atoms with van der Waals surface area (Å²) >= 11 is 0. The molecular weight excluding hydrogens is 382 g/mol. The van der Waals surface area contributed by atoms with Crippen molar-refractivity contribution in [2.75, 3.05) is 40.8 Å². The van der Waals surface area contributed by atoms with E-state index in [1.165, 1.54) is 20.2 Å². The van der Waals surface area contributed by atoms with Crippen molar-refractivity contribution in [3.05, 3.63) is 24.0 Å². The zero-order chi connectivity index (χ0) is 18.0. The van der Waals surface area contributed by atoms with Crippen LogP contribution in [0.5, 0.6) is 5.75 Å². The van der Waals surface area contributed by atoms with Gasteiger partial charge in [-0.1, -0.05) is 5.16 Å². The number of methoxy groups -OCH3 is 1. The van der Waals surface area contributed by atoms with E-state index >= 15 is 0 Å². The lowest BCUT2D eigenvalue weighted by atomic mass is 10.2. The summed E-state index contributed by atoms with van der Waals surface area (Å²) in [5.74, 6) is 1.08. The van der Waals surface area contributed by atoms with Crippen LogP contribution >= 0.6 is 12.4 Å². The number of sulfonamides is 1. The number of hydrogen-bond acceptors (Lipinski definition) is 8. The largest absolute Gasteiger partial charge is 0.495 e. The number of halogens is 1. The second kappa shape index (κ2) is 8.31. The van der Waals surface area contributed by atoms with Crippen molar-refractivity contribution in [1.29, 1.82) is 0 Å². The third-order valence-electron chi connectivity index (χ3n) is 4.22. The van der Waals surface area contributed by atoms with E-state index in [1.54, 1.807) is 12.1 Å². The van der Waals surface area contributed by atoms with Crippen molar-refractivity contribution in [3.8, 4) is 17.2 Å². The Labute approximate surface area is 158 Å². The van der Waals surface area contributed by atoms with Crippen LogP contribution in [-0.4, -0.2) is 64.3 Å². The van der Waals surface area contributed by atoms with E-state index in [0.29, 0.717) is 11.4 Å². The van der Waals surface area contributed by atoms with Gasteiger partial charge < -0.3 is 14.6 Å². The van der Waals surface area contributed by atoms with Gasteiger partial charge in [0.25, 0.3) is 5.89 Å². The predicted molar refractivity (Wildman–Crippen MR) is 98.0 cm³/mol. The van der Waals surface area contributed by atoms with Crippen LogP contribution in [0.4, 0.5) is 0 Å². The lowest BCUT2D eigenvalue weighted by Gasteiger charge is -2.30. The van der Waals surface area contributed by atoms with Crippen molar-refractivity contribution < 1.29 is 17.7 Å². The van der Waals surface area contributed by atoms with Gasteiger partial charge in [-0.2, -0.15) is 4.98 Å². The molecule has 26 heavy (non-hydrogen) atoms. The van der Waals surface area contributed by atoms with E-state index in [2.05, 4.69) is 25.1 Å². The first-order valence-electron chi connectivity index (χ1n) is 7.83. The van der Waals surface area contributed by atoms with Gasteiger partial charge in [-0.25, -0.2) is 13.1 Å². The molecule has 1 aromatic carbocycles. The molecule has 1 unspecified atom stereocenters. The van der Waals surface area contributed by atoms with Crippen LogP contribution < -0.4 is 14.8 Å². The number of nitrogens with zero attached hydrogens (tertiary/aromatic N) is 3. The van der Waals surface area contributed by atoms with E-state index in [-0.39, 0.29) is 35.0 Å². The quantitative estimate of drug-likeness (QED) is 0.748. The monoisotopic (exact) mass is 403 g/mol. The molecule has 1 saturated heterocycles. The second-order valence-electron chi connectivity index (χ2n) is 5.73. The highest BCUT2D eigenvalue weighted by atomic mass is 35.5. The number of likely N-dealkylation sites (N-methyl/N-ethyl adjacent to an activating group) is 1. The molecule has 0 spiro atoms. The van der Waals surface area contributed by atoms with E-state index in [4.69, 9.17) is 9.26 Å². The van der Waals surface area contributed by atoms with Crippen LogP contribution in [0.25, 0.3) is 11.5 Å². The number of piperazine rings is 1. The summed E-state index contributed by atoms with van der Waals surface area (Å²) in [6.45, 7) is 2.54. The van der Waals surface area contributed by atoms with Crippen molar-refractivity contribution in [2.24, 2.45) is 0 Å². The standard InChI is InChI=1S/C15H21N5O4S.ClH/c1-16-25(21,22)13-8-10(4-5-12(13)23-3)15-18-14(19-24-15)11-9-17-6-7-20(11)2;/h4-5,8,11,16-17H,6-7,9H2,1-3H3;1H. The highest BCUT2D eigenvalue weighted by molar-refractivity contribution is 7.89. The maximum absolute atomic E-state index is 12.2. The zero-order valence-electron chi connectivity index (χ0n) is 14.7. The summed E-state index contributed by atoms with van der Waals surface area (Å²) in [4.78, 5) is 6.61. The van der Waals surface area contributed by atoms with Crippen LogP contribution in [0.1, 0.15) is 11.9 Å².